The van der Waals surface area contributed by atoms with E-state index in [1.165, 1.54) is 30.9 Å². The molecular formula is C9H18Cl2Si. The molecule has 0 aliphatic rings. The van der Waals surface area contributed by atoms with E-state index in [0.717, 1.165) is 6.42 Å². The number of allylic oxidation sites excluding steroid dienone is 2. The first kappa shape index (κ1) is 12.5. The van der Waals surface area contributed by atoms with Crippen LogP contribution in [0.25, 0.3) is 0 Å². The molecule has 0 aromatic carbocycles. The Hall–Kier alpha value is 0.537. The fraction of sp³-hybridized carbons (Fsp3) is 0.778. The summed E-state index contributed by atoms with van der Waals surface area (Å²) in [5, 5.41) is 1.22. The Morgan fingerprint density at radius 1 is 1.25 bits per heavy atom. The Morgan fingerprint density at radius 2 is 1.92 bits per heavy atom. The molecule has 0 radical (unpaired) electrons. The Labute approximate surface area is 87.0 Å². The third-order valence-corrected chi connectivity index (χ3v) is 4.86. The quantitative estimate of drug-likeness (QED) is 0.362. The molecule has 0 nitrogen and oxygen atoms in total. The first-order valence-corrected chi connectivity index (χ1v) is 8.70. The van der Waals surface area contributed by atoms with Gasteiger partial charge in [-0.1, -0.05) is 37.5 Å². The molecule has 0 N–H and O–H groups in total. The van der Waals surface area contributed by atoms with Gasteiger partial charge in [0.2, 0.25) is 0 Å². The molecule has 0 heterocycles. The van der Waals surface area contributed by atoms with E-state index in [0.29, 0.717) is 0 Å². The molecule has 3 heteroatoms. The summed E-state index contributed by atoms with van der Waals surface area (Å²) in [6.45, 7) is 4.26. The van der Waals surface area contributed by atoms with E-state index in [1.54, 1.807) is 0 Å². The summed E-state index contributed by atoms with van der Waals surface area (Å²) < 4.78 is 0. The summed E-state index contributed by atoms with van der Waals surface area (Å²) in [5.74, 6) is 0. The van der Waals surface area contributed by atoms with Crippen molar-refractivity contribution in [2.24, 2.45) is 0 Å². The lowest BCUT2D eigenvalue weighted by Crippen LogP contribution is -1.94. The predicted octanol–water partition coefficient (Wildman–Crippen LogP) is 4.14. The molecule has 0 aliphatic carbocycles. The van der Waals surface area contributed by atoms with Crippen LogP contribution in [0.2, 0.25) is 0 Å². The van der Waals surface area contributed by atoms with Crippen molar-refractivity contribution in [3.05, 3.63) is 11.3 Å². The smallest absolute Gasteiger partial charge is 0.145 e. The summed E-state index contributed by atoms with van der Waals surface area (Å²) >= 11 is 11.6. The topological polar surface area (TPSA) is 0 Å². The van der Waals surface area contributed by atoms with Gasteiger partial charge in [-0.2, -0.15) is 0 Å². The van der Waals surface area contributed by atoms with Crippen molar-refractivity contribution in [2.75, 3.05) is 0 Å². The monoisotopic (exact) mass is 224 g/mol. The number of halogens is 2. The summed E-state index contributed by atoms with van der Waals surface area (Å²) in [7, 11) is -1.52. The molecule has 0 amide bonds. The van der Waals surface area contributed by atoms with Crippen molar-refractivity contribution in [1.82, 2.24) is 0 Å². The second kappa shape index (κ2) is 8.15. The number of hydrogen-bond acceptors (Lipinski definition) is 0. The third kappa shape index (κ3) is 7.20. The van der Waals surface area contributed by atoms with Crippen molar-refractivity contribution in [3.8, 4) is 0 Å². The van der Waals surface area contributed by atoms with Gasteiger partial charge in [-0.05, 0) is 19.8 Å². The second-order valence-electron chi connectivity index (χ2n) is 3.10. The lowest BCUT2D eigenvalue weighted by atomic mass is 10.1. The average Bonchev–Trinajstić information content (AvgIpc) is 2.03. The summed E-state index contributed by atoms with van der Waals surface area (Å²) in [4.78, 5) is 0. The first-order valence-electron chi connectivity index (χ1n) is 4.63. The van der Waals surface area contributed by atoms with E-state index >= 15 is 0 Å². The van der Waals surface area contributed by atoms with Gasteiger partial charge in [-0.3, -0.25) is 0 Å². The van der Waals surface area contributed by atoms with Gasteiger partial charge >= 0.3 is 0 Å². The van der Waals surface area contributed by atoms with Gasteiger partial charge < -0.3 is 0 Å². The van der Waals surface area contributed by atoms with Gasteiger partial charge in [0.05, 0.1) is 0 Å². The fourth-order valence-electron chi connectivity index (χ4n) is 0.990. The minimum atomic E-state index is -1.52. The number of rotatable bonds is 6. The third-order valence-electron chi connectivity index (χ3n) is 1.87. The molecule has 0 spiro atoms. The minimum absolute atomic E-state index is 1.15. The van der Waals surface area contributed by atoms with Crippen LogP contribution < -0.4 is 0 Å². The molecule has 0 aliphatic heterocycles. The summed E-state index contributed by atoms with van der Waals surface area (Å²) in [5.41, 5.74) is 0. The van der Waals surface area contributed by atoms with Gasteiger partial charge in [0.25, 0.3) is 7.42 Å². The van der Waals surface area contributed by atoms with Gasteiger partial charge in [0.15, 0.2) is 0 Å². The van der Waals surface area contributed by atoms with E-state index in [9.17, 15) is 0 Å². The van der Waals surface area contributed by atoms with Crippen LogP contribution in [0, 0.1) is 0 Å². The lowest BCUT2D eigenvalue weighted by Gasteiger charge is -1.99. The maximum Gasteiger partial charge on any atom is 0.262 e. The highest BCUT2D eigenvalue weighted by Gasteiger charge is 2.02. The predicted molar refractivity (Wildman–Crippen MR) is 61.4 cm³/mol. The zero-order valence-corrected chi connectivity index (χ0v) is 10.6. The highest BCUT2D eigenvalue weighted by molar-refractivity contribution is 7.36. The van der Waals surface area contributed by atoms with Gasteiger partial charge in [-0.25, -0.2) is 0 Å². The molecule has 0 rings (SSSR count). The van der Waals surface area contributed by atoms with E-state index in [2.05, 4.69) is 13.0 Å². The van der Waals surface area contributed by atoms with Crippen molar-refractivity contribution in [1.29, 1.82) is 0 Å². The summed E-state index contributed by atoms with van der Waals surface area (Å²) in [6, 6.07) is 0. The SMILES string of the molecule is CCCCCCC=C(C)[SiH](Cl)Cl. The zero-order chi connectivity index (χ0) is 9.40. The van der Waals surface area contributed by atoms with Crippen LogP contribution in [0.15, 0.2) is 11.3 Å². The molecule has 12 heavy (non-hydrogen) atoms. The van der Waals surface area contributed by atoms with Gasteiger partial charge in [0.1, 0.15) is 0 Å². The van der Waals surface area contributed by atoms with Crippen LogP contribution in [-0.4, -0.2) is 7.42 Å². The van der Waals surface area contributed by atoms with Crippen LogP contribution in [0.4, 0.5) is 0 Å². The van der Waals surface area contributed by atoms with Crippen molar-refractivity contribution < 1.29 is 0 Å². The molecule has 0 saturated heterocycles. The Morgan fingerprint density at radius 3 is 2.42 bits per heavy atom. The normalized spacial score (nSPS) is 12.6. The fourth-order valence-corrected chi connectivity index (χ4v) is 1.87. The molecule has 0 aromatic heterocycles. The van der Waals surface area contributed by atoms with Crippen molar-refractivity contribution >= 4 is 29.6 Å². The Kier molecular flexibility index (Phi) is 8.51. The second-order valence-corrected chi connectivity index (χ2v) is 7.90. The van der Waals surface area contributed by atoms with Crippen LogP contribution in [0.5, 0.6) is 0 Å². The van der Waals surface area contributed by atoms with Gasteiger partial charge in [-0.15, -0.1) is 22.2 Å². The number of hydrogen-bond donors (Lipinski definition) is 0. The van der Waals surface area contributed by atoms with E-state index < -0.39 is 7.42 Å². The Bertz CT molecular complexity index is 132. The molecule has 72 valence electrons. The van der Waals surface area contributed by atoms with E-state index in [4.69, 9.17) is 22.2 Å². The van der Waals surface area contributed by atoms with E-state index in [1.807, 2.05) is 6.92 Å². The van der Waals surface area contributed by atoms with E-state index in [-0.39, 0.29) is 0 Å². The van der Waals surface area contributed by atoms with Gasteiger partial charge in [0, 0.05) is 0 Å². The molecular weight excluding hydrogens is 207 g/mol. The lowest BCUT2D eigenvalue weighted by molar-refractivity contribution is 0.674. The first-order chi connectivity index (χ1) is 5.68. The highest BCUT2D eigenvalue weighted by Crippen LogP contribution is 2.11. The molecule has 0 aromatic rings. The zero-order valence-electron chi connectivity index (χ0n) is 7.95. The maximum absolute atomic E-state index is 5.80. The standard InChI is InChI=1S/C9H18Cl2Si/c1-3-4-5-6-7-8-9(2)12(10)11/h8,12H,3-7H2,1-2H3. The molecule has 0 bridgehead atoms. The van der Waals surface area contributed by atoms with Crippen LogP contribution in [0.1, 0.15) is 46.0 Å². The average molecular weight is 225 g/mol. The van der Waals surface area contributed by atoms with Crippen LogP contribution in [0.3, 0.4) is 0 Å². The molecule has 0 saturated carbocycles. The summed E-state index contributed by atoms with van der Waals surface area (Å²) in [6.07, 6.45) is 8.60. The minimum Gasteiger partial charge on any atom is -0.145 e. The van der Waals surface area contributed by atoms with Crippen molar-refractivity contribution in [2.45, 2.75) is 46.0 Å². The van der Waals surface area contributed by atoms with Crippen LogP contribution >= 0.6 is 22.2 Å². The largest absolute Gasteiger partial charge is 0.262 e. The number of unbranched alkanes of at least 4 members (excludes halogenated alkanes) is 4. The Balaban J connectivity index is 3.34. The molecule has 0 unspecified atom stereocenters. The highest BCUT2D eigenvalue weighted by atomic mass is 35.7. The van der Waals surface area contributed by atoms with Crippen molar-refractivity contribution in [3.63, 3.8) is 0 Å². The molecule has 0 fully saturated rings. The maximum atomic E-state index is 5.80. The van der Waals surface area contributed by atoms with Crippen LogP contribution in [-0.2, 0) is 0 Å². The molecule has 0 atom stereocenters.